The number of halogens is 1. The molecule has 1 heterocycles. The molecule has 0 unspecified atom stereocenters. The van der Waals surface area contributed by atoms with Gasteiger partial charge in [0.1, 0.15) is 11.9 Å². The summed E-state index contributed by atoms with van der Waals surface area (Å²) in [5.41, 5.74) is 0.937. The first-order valence-corrected chi connectivity index (χ1v) is 8.39. The Morgan fingerprint density at radius 1 is 1.08 bits per heavy atom. The van der Waals surface area contributed by atoms with E-state index in [0.29, 0.717) is 5.56 Å². The number of rotatable bonds is 3. The minimum absolute atomic E-state index is 0.00593. The second-order valence-corrected chi connectivity index (χ2v) is 6.94. The second-order valence-electron chi connectivity index (χ2n) is 5.09. The monoisotopic (exact) mass is 342 g/mol. The third kappa shape index (κ3) is 2.79. The van der Waals surface area contributed by atoms with Crippen LogP contribution in [0, 0.1) is 24.1 Å². The van der Waals surface area contributed by atoms with Gasteiger partial charge >= 0.3 is 0 Å². The zero-order valence-electron chi connectivity index (χ0n) is 12.5. The van der Waals surface area contributed by atoms with Crippen molar-refractivity contribution in [2.45, 2.75) is 16.9 Å². The van der Waals surface area contributed by atoms with Crippen molar-refractivity contribution in [2.75, 3.05) is 0 Å². The first-order chi connectivity index (χ1) is 11.4. The van der Waals surface area contributed by atoms with Crippen LogP contribution in [-0.2, 0) is 9.84 Å². The number of nitriles is 1. The molecule has 24 heavy (non-hydrogen) atoms. The Balaban J connectivity index is 2.13. The van der Waals surface area contributed by atoms with Crippen molar-refractivity contribution in [2.24, 2.45) is 0 Å². The summed E-state index contributed by atoms with van der Waals surface area (Å²) in [7, 11) is -4.02. The van der Waals surface area contributed by atoms with Gasteiger partial charge in [-0.15, -0.1) is 0 Å². The molecule has 0 amide bonds. The van der Waals surface area contributed by atoms with Gasteiger partial charge in [-0.05, 0) is 43.3 Å². The lowest BCUT2D eigenvalue weighted by molar-refractivity contribution is 0.457. The van der Waals surface area contributed by atoms with Crippen LogP contribution in [0.25, 0.3) is 11.5 Å². The Hall–Kier alpha value is -2.98. The number of oxazole rings is 1. The lowest BCUT2D eigenvalue weighted by Gasteiger charge is -2.01. The van der Waals surface area contributed by atoms with Crippen LogP contribution in [0.5, 0.6) is 0 Å². The molecule has 0 bridgehead atoms. The van der Waals surface area contributed by atoms with E-state index in [1.807, 2.05) is 6.92 Å². The Kier molecular flexibility index (Phi) is 3.91. The van der Waals surface area contributed by atoms with Crippen molar-refractivity contribution in [3.8, 4) is 17.5 Å². The molecule has 2 aromatic carbocycles. The lowest BCUT2D eigenvalue weighted by atomic mass is 10.2. The van der Waals surface area contributed by atoms with E-state index in [-0.39, 0.29) is 16.5 Å². The van der Waals surface area contributed by atoms with Crippen LogP contribution in [0.4, 0.5) is 4.39 Å². The highest BCUT2D eigenvalue weighted by Gasteiger charge is 2.28. The molecule has 0 radical (unpaired) electrons. The molecule has 0 aliphatic heterocycles. The van der Waals surface area contributed by atoms with Crippen molar-refractivity contribution in [3.05, 3.63) is 65.6 Å². The van der Waals surface area contributed by atoms with Gasteiger partial charge in [0.25, 0.3) is 5.09 Å². The quantitative estimate of drug-likeness (QED) is 0.727. The Labute approximate surface area is 137 Å². The standard InChI is InChI=1S/C17H11FN2O3S/c1-11-2-8-14(9-3-11)24(21,22)17-15(10-19)20-16(23-17)12-4-6-13(18)7-5-12/h2-9H,1H3. The molecule has 1 aromatic heterocycles. The number of nitrogens with zero attached hydrogens (tertiary/aromatic N) is 2. The Bertz CT molecular complexity index is 1030. The van der Waals surface area contributed by atoms with E-state index in [4.69, 9.17) is 4.42 Å². The van der Waals surface area contributed by atoms with Gasteiger partial charge in [0.2, 0.25) is 15.7 Å². The molecule has 0 saturated carbocycles. The molecule has 0 saturated heterocycles. The summed E-state index contributed by atoms with van der Waals surface area (Å²) in [6, 6.07) is 13.1. The highest BCUT2D eigenvalue weighted by atomic mass is 32.2. The average Bonchev–Trinajstić information content (AvgIpc) is 3.01. The summed E-state index contributed by atoms with van der Waals surface area (Å²) in [6.45, 7) is 1.83. The van der Waals surface area contributed by atoms with Crippen LogP contribution in [0.1, 0.15) is 11.3 Å². The minimum atomic E-state index is -4.02. The van der Waals surface area contributed by atoms with Crippen LogP contribution in [0.15, 0.2) is 62.9 Å². The van der Waals surface area contributed by atoms with E-state index >= 15 is 0 Å². The molecular formula is C17H11FN2O3S. The number of hydrogen-bond donors (Lipinski definition) is 0. The van der Waals surface area contributed by atoms with E-state index in [0.717, 1.165) is 5.56 Å². The maximum Gasteiger partial charge on any atom is 0.261 e. The minimum Gasteiger partial charge on any atom is -0.423 e. The Morgan fingerprint density at radius 2 is 1.71 bits per heavy atom. The van der Waals surface area contributed by atoms with E-state index in [2.05, 4.69) is 4.98 Å². The van der Waals surface area contributed by atoms with Crippen molar-refractivity contribution in [1.82, 2.24) is 4.98 Å². The van der Waals surface area contributed by atoms with Gasteiger partial charge in [0, 0.05) is 5.56 Å². The molecule has 120 valence electrons. The van der Waals surface area contributed by atoms with Gasteiger partial charge in [-0.25, -0.2) is 12.8 Å². The first kappa shape index (κ1) is 15.9. The average molecular weight is 342 g/mol. The van der Waals surface area contributed by atoms with E-state index in [1.165, 1.54) is 36.4 Å². The van der Waals surface area contributed by atoms with Crippen LogP contribution >= 0.6 is 0 Å². The normalized spacial score (nSPS) is 11.2. The summed E-state index contributed by atoms with van der Waals surface area (Å²) in [6.07, 6.45) is 0. The molecule has 0 aliphatic carbocycles. The van der Waals surface area contributed by atoms with E-state index in [9.17, 15) is 18.1 Å². The smallest absolute Gasteiger partial charge is 0.261 e. The summed E-state index contributed by atoms with van der Waals surface area (Å²) < 4.78 is 43.7. The molecule has 7 heteroatoms. The predicted octanol–water partition coefficient (Wildman–Crippen LogP) is 3.49. The van der Waals surface area contributed by atoms with Crippen LogP contribution in [0.2, 0.25) is 0 Å². The topological polar surface area (TPSA) is 84.0 Å². The maximum absolute atomic E-state index is 13.0. The second kappa shape index (κ2) is 5.91. The highest BCUT2D eigenvalue weighted by molar-refractivity contribution is 7.91. The fourth-order valence-corrected chi connectivity index (χ4v) is 3.34. The number of aryl methyl sites for hydroxylation is 1. The maximum atomic E-state index is 13.0. The molecule has 0 fully saturated rings. The van der Waals surface area contributed by atoms with Crippen molar-refractivity contribution in [1.29, 1.82) is 5.26 Å². The number of sulfone groups is 1. The third-order valence-electron chi connectivity index (χ3n) is 3.37. The van der Waals surface area contributed by atoms with E-state index < -0.39 is 20.7 Å². The molecule has 0 atom stereocenters. The zero-order valence-corrected chi connectivity index (χ0v) is 13.3. The fourth-order valence-electron chi connectivity index (χ4n) is 2.10. The molecule has 0 aliphatic rings. The number of benzene rings is 2. The van der Waals surface area contributed by atoms with Crippen molar-refractivity contribution in [3.63, 3.8) is 0 Å². The van der Waals surface area contributed by atoms with Gasteiger partial charge in [-0.2, -0.15) is 10.2 Å². The predicted molar refractivity (Wildman–Crippen MR) is 83.2 cm³/mol. The molecular weight excluding hydrogens is 331 g/mol. The van der Waals surface area contributed by atoms with Gasteiger partial charge < -0.3 is 4.42 Å². The molecule has 5 nitrogen and oxygen atoms in total. The summed E-state index contributed by atoms with van der Waals surface area (Å²) in [5.74, 6) is -0.504. The summed E-state index contributed by atoms with van der Waals surface area (Å²) in [4.78, 5) is 3.91. The van der Waals surface area contributed by atoms with Gasteiger partial charge in [-0.1, -0.05) is 17.7 Å². The van der Waals surface area contributed by atoms with Crippen molar-refractivity contribution < 1.29 is 17.2 Å². The van der Waals surface area contributed by atoms with Crippen LogP contribution in [0.3, 0.4) is 0 Å². The molecule has 0 N–H and O–H groups in total. The van der Waals surface area contributed by atoms with Gasteiger partial charge in [0.15, 0.2) is 5.69 Å². The zero-order chi connectivity index (χ0) is 17.3. The summed E-state index contributed by atoms with van der Waals surface area (Å²) in [5, 5.41) is 8.66. The van der Waals surface area contributed by atoms with E-state index in [1.54, 1.807) is 18.2 Å². The molecule has 3 rings (SSSR count). The number of aromatic nitrogens is 1. The van der Waals surface area contributed by atoms with Gasteiger partial charge in [-0.3, -0.25) is 0 Å². The fraction of sp³-hybridized carbons (Fsp3) is 0.0588. The SMILES string of the molecule is Cc1ccc(S(=O)(=O)c2oc(-c3ccc(F)cc3)nc2C#N)cc1. The van der Waals surface area contributed by atoms with Crippen molar-refractivity contribution >= 4 is 9.84 Å². The molecule has 0 spiro atoms. The highest BCUT2D eigenvalue weighted by Crippen LogP contribution is 2.29. The van der Waals surface area contributed by atoms with Gasteiger partial charge in [0.05, 0.1) is 4.90 Å². The first-order valence-electron chi connectivity index (χ1n) is 6.90. The third-order valence-corrected chi connectivity index (χ3v) is 5.03. The lowest BCUT2D eigenvalue weighted by Crippen LogP contribution is -2.02. The Morgan fingerprint density at radius 3 is 2.29 bits per heavy atom. The largest absolute Gasteiger partial charge is 0.423 e. The van der Waals surface area contributed by atoms with Crippen LogP contribution in [-0.4, -0.2) is 13.4 Å². The van der Waals surface area contributed by atoms with Crippen LogP contribution < -0.4 is 0 Å². The number of hydrogen-bond acceptors (Lipinski definition) is 5. The summed E-state index contributed by atoms with van der Waals surface area (Å²) >= 11 is 0. The molecule has 3 aromatic rings.